The van der Waals surface area contributed by atoms with Gasteiger partial charge < -0.3 is 25.8 Å². The Balaban J connectivity index is 1.77. The second-order valence-electron chi connectivity index (χ2n) is 5.25. The van der Waals surface area contributed by atoms with Crippen LogP contribution >= 0.6 is 0 Å². The van der Waals surface area contributed by atoms with Crippen LogP contribution in [0, 0.1) is 0 Å². The van der Waals surface area contributed by atoms with Crippen LogP contribution in [0.4, 0.5) is 4.79 Å². The number of carbonyl (C=O) groups excluding carboxylic acids is 1. The van der Waals surface area contributed by atoms with E-state index in [2.05, 4.69) is 10.1 Å². The molecule has 8 nitrogen and oxygen atoms in total. The minimum atomic E-state index is -0.0135. The molecule has 2 bridgehead atoms. The summed E-state index contributed by atoms with van der Waals surface area (Å²) in [6, 6.07) is 2.20. The molecule has 0 spiro atoms. The summed E-state index contributed by atoms with van der Waals surface area (Å²) in [5.41, 5.74) is 11.3. The number of hydrogen-bond acceptors (Lipinski definition) is 4. The molecule has 3 heterocycles. The number of fused-ring (bicyclic) bond motifs is 2. The smallest absolute Gasteiger partial charge is 0.320 e. The van der Waals surface area contributed by atoms with Crippen molar-refractivity contribution in [3.63, 3.8) is 0 Å². The van der Waals surface area contributed by atoms with Gasteiger partial charge in [-0.3, -0.25) is 0 Å². The minimum Gasteiger partial charge on any atom is -0.370 e. The van der Waals surface area contributed by atoms with Crippen molar-refractivity contribution < 1.29 is 9.32 Å². The number of likely N-dealkylation sites (N-methyl/N-ethyl adjacent to an activating group) is 1. The molecule has 4 N–H and O–H groups in total. The van der Waals surface area contributed by atoms with Gasteiger partial charge >= 0.3 is 6.03 Å². The lowest BCUT2D eigenvalue weighted by molar-refractivity contribution is 0.177. The van der Waals surface area contributed by atoms with E-state index in [9.17, 15) is 4.79 Å². The maximum Gasteiger partial charge on any atom is 0.320 e. The van der Waals surface area contributed by atoms with Gasteiger partial charge in [0.15, 0.2) is 11.7 Å². The average molecular weight is 278 g/mol. The first kappa shape index (κ1) is 12.8. The van der Waals surface area contributed by atoms with Gasteiger partial charge in [0.25, 0.3) is 0 Å². The van der Waals surface area contributed by atoms with E-state index in [1.165, 1.54) is 0 Å². The summed E-state index contributed by atoms with van der Waals surface area (Å²) in [5, 5.41) is 4.06. The second-order valence-corrected chi connectivity index (χ2v) is 5.25. The lowest BCUT2D eigenvalue weighted by atomic mass is 9.98. The van der Waals surface area contributed by atoms with Gasteiger partial charge in [-0.1, -0.05) is 5.16 Å². The topological polar surface area (TPSA) is 114 Å². The highest BCUT2D eigenvalue weighted by molar-refractivity contribution is 5.78. The van der Waals surface area contributed by atoms with Crippen molar-refractivity contribution in [3.05, 3.63) is 17.5 Å². The molecule has 2 aliphatic heterocycles. The molecule has 20 heavy (non-hydrogen) atoms. The van der Waals surface area contributed by atoms with Crippen molar-refractivity contribution in [1.29, 1.82) is 0 Å². The van der Waals surface area contributed by atoms with E-state index in [0.29, 0.717) is 11.8 Å². The highest BCUT2D eigenvalue weighted by Gasteiger charge is 2.44. The first-order valence-corrected chi connectivity index (χ1v) is 6.60. The molecule has 0 aliphatic carbocycles. The number of carbonyl (C=O) groups is 1. The number of guanidine groups is 1. The molecule has 0 radical (unpaired) electrons. The van der Waals surface area contributed by atoms with Crippen LogP contribution in [0.25, 0.3) is 0 Å². The van der Waals surface area contributed by atoms with E-state index in [-0.39, 0.29) is 24.6 Å². The zero-order valence-electron chi connectivity index (χ0n) is 11.3. The zero-order valence-corrected chi connectivity index (χ0v) is 11.3. The number of aliphatic imine (C=N–C) groups is 1. The number of urea groups is 1. The molecular weight excluding hydrogens is 260 g/mol. The van der Waals surface area contributed by atoms with Crippen molar-refractivity contribution in [2.24, 2.45) is 16.5 Å². The number of rotatable bonds is 3. The van der Waals surface area contributed by atoms with Gasteiger partial charge in [-0.25, -0.2) is 9.79 Å². The fraction of sp³-hybridized carbons (Fsp3) is 0.583. The molecule has 1 aromatic rings. The second kappa shape index (κ2) is 4.69. The van der Waals surface area contributed by atoms with E-state index in [1.54, 1.807) is 4.90 Å². The minimum absolute atomic E-state index is 0.0135. The Hall–Kier alpha value is -2.25. The van der Waals surface area contributed by atoms with E-state index >= 15 is 0 Å². The number of piperidine rings is 1. The fourth-order valence-electron chi connectivity index (χ4n) is 2.88. The summed E-state index contributed by atoms with van der Waals surface area (Å²) in [6.07, 6.45) is 1.88. The summed E-state index contributed by atoms with van der Waals surface area (Å²) in [4.78, 5) is 19.7. The molecule has 0 aromatic carbocycles. The van der Waals surface area contributed by atoms with Crippen LogP contribution in [0.15, 0.2) is 15.6 Å². The van der Waals surface area contributed by atoms with Gasteiger partial charge in [0.2, 0.25) is 0 Å². The predicted molar refractivity (Wildman–Crippen MR) is 71.6 cm³/mol. The molecular formula is C12H18N6O2. The molecule has 0 saturated carbocycles. The van der Waals surface area contributed by atoms with E-state index < -0.39 is 0 Å². The number of hydrogen-bond donors (Lipinski definition) is 2. The monoisotopic (exact) mass is 278 g/mol. The van der Waals surface area contributed by atoms with Crippen LogP contribution in [-0.4, -0.2) is 46.6 Å². The molecule has 2 atom stereocenters. The van der Waals surface area contributed by atoms with Crippen molar-refractivity contribution in [2.45, 2.75) is 31.5 Å². The summed E-state index contributed by atoms with van der Waals surface area (Å²) < 4.78 is 5.22. The van der Waals surface area contributed by atoms with Crippen molar-refractivity contribution in [3.8, 4) is 0 Å². The third-order valence-electron chi connectivity index (χ3n) is 3.99. The highest BCUT2D eigenvalue weighted by Crippen LogP contribution is 2.37. The van der Waals surface area contributed by atoms with Crippen LogP contribution in [0.2, 0.25) is 0 Å². The molecule has 0 unspecified atom stereocenters. The highest BCUT2D eigenvalue weighted by atomic mass is 16.5. The number of nitrogens with two attached hydrogens (primary N) is 2. The number of aromatic nitrogens is 1. The van der Waals surface area contributed by atoms with Gasteiger partial charge in [-0.2, -0.15) is 0 Å². The Morgan fingerprint density at radius 3 is 3.10 bits per heavy atom. The van der Waals surface area contributed by atoms with E-state index in [4.69, 9.17) is 16.0 Å². The first-order valence-electron chi connectivity index (χ1n) is 6.60. The summed E-state index contributed by atoms with van der Waals surface area (Å²) in [5.74, 6) is 0.607. The summed E-state index contributed by atoms with van der Waals surface area (Å²) in [7, 11) is 1.85. The molecule has 108 valence electrons. The van der Waals surface area contributed by atoms with Gasteiger partial charge in [-0.05, 0) is 12.8 Å². The van der Waals surface area contributed by atoms with Crippen molar-refractivity contribution >= 4 is 12.0 Å². The molecule has 8 heteroatoms. The quantitative estimate of drug-likeness (QED) is 0.597. The Morgan fingerprint density at radius 1 is 1.55 bits per heavy atom. The lowest BCUT2D eigenvalue weighted by Crippen LogP contribution is -2.34. The van der Waals surface area contributed by atoms with Gasteiger partial charge in [0.1, 0.15) is 12.2 Å². The summed E-state index contributed by atoms with van der Waals surface area (Å²) in [6.45, 7) is 1.02. The van der Waals surface area contributed by atoms with Crippen LogP contribution in [0.1, 0.15) is 30.3 Å². The molecule has 2 saturated heterocycles. The third kappa shape index (κ3) is 2.06. The average Bonchev–Trinajstić information content (AvgIpc) is 2.98. The van der Waals surface area contributed by atoms with Crippen LogP contribution < -0.4 is 11.5 Å². The van der Waals surface area contributed by atoms with E-state index in [1.807, 2.05) is 18.0 Å². The molecule has 3 rings (SSSR count). The Labute approximate surface area is 116 Å². The third-order valence-corrected chi connectivity index (χ3v) is 3.99. The van der Waals surface area contributed by atoms with E-state index in [0.717, 1.165) is 25.1 Å². The van der Waals surface area contributed by atoms with Crippen LogP contribution in [0.3, 0.4) is 0 Å². The number of nitrogens with zero attached hydrogens (tertiary/aromatic N) is 4. The number of amides is 2. The fourth-order valence-corrected chi connectivity index (χ4v) is 2.88. The Bertz CT molecular complexity index is 550. The normalized spacial score (nSPS) is 25.1. The standard InChI is InChI=1S/C12H18N6O2/c1-17-7-2-3-10(18(6-7)12(17)19)9-4-8(20-16-9)5-15-11(13)14/h4,7,10H,2-3,5-6H2,1H3,(H4,13,14,15)/t7-,10+/m1/s1. The molecule has 2 amide bonds. The molecule has 1 aromatic heterocycles. The van der Waals surface area contributed by atoms with Gasteiger partial charge in [-0.15, -0.1) is 0 Å². The van der Waals surface area contributed by atoms with Crippen LogP contribution in [-0.2, 0) is 6.54 Å². The van der Waals surface area contributed by atoms with Crippen molar-refractivity contribution in [2.75, 3.05) is 13.6 Å². The Morgan fingerprint density at radius 2 is 2.35 bits per heavy atom. The van der Waals surface area contributed by atoms with Crippen molar-refractivity contribution in [1.82, 2.24) is 15.0 Å². The van der Waals surface area contributed by atoms with Gasteiger partial charge in [0, 0.05) is 19.7 Å². The zero-order chi connectivity index (χ0) is 14.3. The molecule has 2 fully saturated rings. The predicted octanol–water partition coefficient (Wildman–Crippen LogP) is 0.0189. The Kier molecular flexibility index (Phi) is 3.00. The molecule has 2 aliphatic rings. The van der Waals surface area contributed by atoms with Crippen LogP contribution in [0.5, 0.6) is 0 Å². The maximum absolute atomic E-state index is 12.1. The largest absolute Gasteiger partial charge is 0.370 e. The SMILES string of the molecule is CN1C(=O)N2C[C@H]1CC[C@H]2c1cc(CN=C(N)N)on1. The van der Waals surface area contributed by atoms with Gasteiger partial charge in [0.05, 0.1) is 12.1 Å². The first-order chi connectivity index (χ1) is 9.56. The maximum atomic E-state index is 12.1. The lowest BCUT2D eigenvalue weighted by Gasteiger charge is -2.28. The summed E-state index contributed by atoms with van der Waals surface area (Å²) >= 11 is 0.